The van der Waals surface area contributed by atoms with Gasteiger partial charge in [-0.1, -0.05) is 0 Å². The zero-order valence-electron chi connectivity index (χ0n) is 22.1. The number of halogens is 4. The van der Waals surface area contributed by atoms with Crippen LogP contribution < -0.4 is 24.8 Å². The summed E-state index contributed by atoms with van der Waals surface area (Å²) in [5.41, 5.74) is -1.01. The number of urea groups is 1. The molecule has 220 valence electrons. The Morgan fingerprint density at radius 3 is 2.10 bits per heavy atom. The lowest BCUT2D eigenvalue weighted by atomic mass is 10.2. The van der Waals surface area contributed by atoms with Crippen LogP contribution in [0.1, 0.15) is 40.1 Å². The van der Waals surface area contributed by atoms with Crippen LogP contribution in [-0.4, -0.2) is 45.4 Å². The highest BCUT2D eigenvalue weighted by atomic mass is 79.9. The monoisotopic (exact) mass is 660 g/mol. The van der Waals surface area contributed by atoms with Crippen molar-refractivity contribution >= 4 is 55.9 Å². The number of carbonyl (C=O) groups excluding carboxylic acids is 3. The van der Waals surface area contributed by atoms with Gasteiger partial charge in [0, 0.05) is 12.1 Å². The van der Waals surface area contributed by atoms with Crippen LogP contribution in [0, 0.1) is 17.5 Å². The van der Waals surface area contributed by atoms with Crippen molar-refractivity contribution in [2.75, 3.05) is 38.1 Å². The second kappa shape index (κ2) is 14.1. The summed E-state index contributed by atoms with van der Waals surface area (Å²) in [4.78, 5) is 37.9. The smallest absolute Gasteiger partial charge is 0.342 e. The van der Waals surface area contributed by atoms with Crippen LogP contribution in [0.5, 0.6) is 17.2 Å². The number of nitrogens with one attached hydrogen (secondary N) is 2. The summed E-state index contributed by atoms with van der Waals surface area (Å²) in [5, 5.41) is 4.60. The first-order valence-electron chi connectivity index (χ1n) is 11.8. The van der Waals surface area contributed by atoms with Crippen molar-refractivity contribution in [1.29, 1.82) is 0 Å². The van der Waals surface area contributed by atoms with Crippen molar-refractivity contribution in [3.63, 3.8) is 0 Å². The average molecular weight is 661 g/mol. The van der Waals surface area contributed by atoms with Crippen LogP contribution >= 0.6 is 27.3 Å². The zero-order valence-corrected chi connectivity index (χ0v) is 24.5. The van der Waals surface area contributed by atoms with Gasteiger partial charge in [-0.15, -0.1) is 11.3 Å². The van der Waals surface area contributed by atoms with E-state index < -0.39 is 42.0 Å². The van der Waals surface area contributed by atoms with E-state index in [9.17, 15) is 27.6 Å². The second-order valence-corrected chi connectivity index (χ2v) is 10.1. The van der Waals surface area contributed by atoms with E-state index >= 15 is 0 Å². The molecule has 0 spiro atoms. The molecule has 1 aromatic heterocycles. The molecule has 0 aliphatic heterocycles. The molecular formula is C26H24BrF3N2O8S. The van der Waals surface area contributed by atoms with E-state index in [4.69, 9.17) is 23.7 Å². The van der Waals surface area contributed by atoms with Gasteiger partial charge in [-0.3, -0.25) is 5.32 Å². The van der Waals surface area contributed by atoms with Gasteiger partial charge in [0.05, 0.1) is 42.5 Å². The van der Waals surface area contributed by atoms with Gasteiger partial charge in [0.25, 0.3) is 0 Å². The molecule has 0 aliphatic carbocycles. The number of rotatable bonds is 11. The summed E-state index contributed by atoms with van der Waals surface area (Å²) < 4.78 is 68.9. The Morgan fingerprint density at radius 2 is 1.49 bits per heavy atom. The van der Waals surface area contributed by atoms with Gasteiger partial charge in [0.1, 0.15) is 28.5 Å². The minimum atomic E-state index is -1.19. The minimum Gasteiger partial charge on any atom is -0.496 e. The predicted octanol–water partition coefficient (Wildman–Crippen LogP) is 6.52. The number of carbonyl (C=O) groups is 3. The maximum Gasteiger partial charge on any atom is 0.342 e. The molecule has 0 aliphatic rings. The van der Waals surface area contributed by atoms with E-state index in [1.807, 2.05) is 0 Å². The van der Waals surface area contributed by atoms with E-state index in [-0.39, 0.29) is 61.6 Å². The highest BCUT2D eigenvalue weighted by Crippen LogP contribution is 2.39. The molecule has 1 heterocycles. The summed E-state index contributed by atoms with van der Waals surface area (Å²) in [5.74, 6) is -5.15. The van der Waals surface area contributed by atoms with Crippen molar-refractivity contribution in [1.82, 2.24) is 0 Å². The van der Waals surface area contributed by atoms with E-state index in [1.165, 1.54) is 20.3 Å². The molecule has 0 atom stereocenters. The number of thiophene rings is 1. The molecule has 0 fully saturated rings. The van der Waals surface area contributed by atoms with Crippen LogP contribution in [-0.2, 0) is 16.1 Å². The average Bonchev–Trinajstić information content (AvgIpc) is 3.26. The van der Waals surface area contributed by atoms with Crippen molar-refractivity contribution in [2.24, 2.45) is 0 Å². The fourth-order valence-electron chi connectivity index (χ4n) is 3.49. The van der Waals surface area contributed by atoms with Crippen LogP contribution in [0.2, 0.25) is 0 Å². The molecule has 3 aromatic rings. The third kappa shape index (κ3) is 7.21. The van der Waals surface area contributed by atoms with Crippen LogP contribution in [0.3, 0.4) is 0 Å². The number of ether oxygens (including phenoxy) is 5. The highest BCUT2D eigenvalue weighted by Gasteiger charge is 2.30. The fourth-order valence-corrected chi connectivity index (χ4v) is 5.23. The number of amides is 2. The molecule has 0 saturated heterocycles. The number of anilines is 2. The predicted molar refractivity (Wildman–Crippen MR) is 147 cm³/mol. The fraction of sp³-hybridized carbons (Fsp3) is 0.269. The lowest BCUT2D eigenvalue weighted by molar-refractivity contribution is 0.0480. The third-order valence-corrected chi connectivity index (χ3v) is 7.07. The molecule has 10 nitrogen and oxygen atoms in total. The molecular weight excluding hydrogens is 637 g/mol. The maximum absolute atomic E-state index is 14.8. The molecule has 0 radical (unpaired) electrons. The van der Waals surface area contributed by atoms with Crippen LogP contribution in [0.4, 0.5) is 28.7 Å². The summed E-state index contributed by atoms with van der Waals surface area (Å²) in [6, 6.07) is 3.10. The summed E-state index contributed by atoms with van der Waals surface area (Å²) in [7, 11) is 2.50. The lowest BCUT2D eigenvalue weighted by Gasteiger charge is -2.16. The number of benzene rings is 2. The molecule has 0 bridgehead atoms. The quantitative estimate of drug-likeness (QED) is 0.223. The summed E-state index contributed by atoms with van der Waals surface area (Å²) in [6.07, 6.45) is 0. The topological polar surface area (TPSA) is 121 Å². The molecule has 0 unspecified atom stereocenters. The first kappa shape index (κ1) is 31.5. The Bertz CT molecular complexity index is 1470. The SMILES string of the molecule is CCOC(=O)c1c(Br)sc(NC(=O)Nc2cc(OCc3c(OC)ccc(F)c3F)c(OC)cc2F)c1C(=O)OCC. The first-order chi connectivity index (χ1) is 19.6. The van der Waals surface area contributed by atoms with E-state index in [1.54, 1.807) is 13.8 Å². The minimum absolute atomic E-state index is 0.00850. The highest BCUT2D eigenvalue weighted by molar-refractivity contribution is 9.11. The number of hydrogen-bond acceptors (Lipinski definition) is 9. The van der Waals surface area contributed by atoms with Crippen LogP contribution in [0.15, 0.2) is 28.1 Å². The molecule has 0 saturated carbocycles. The van der Waals surface area contributed by atoms with Crippen LogP contribution in [0.25, 0.3) is 0 Å². The standard InChI is InChI=1S/C26H24BrF3N2O8S/c1-5-38-24(33)19-20(25(34)39-6-2)23(41-22(19)27)32-26(35)31-15-10-18(17(37-4)9-14(15)29)40-11-12-16(36-3)8-7-13(28)21(12)30/h7-10H,5-6,11H2,1-4H3,(H2,31,32,35). The van der Waals surface area contributed by atoms with Gasteiger partial charge in [-0.25, -0.2) is 27.6 Å². The number of esters is 2. The van der Waals surface area contributed by atoms with E-state index in [0.29, 0.717) is 0 Å². The maximum atomic E-state index is 14.8. The van der Waals surface area contributed by atoms with Gasteiger partial charge in [-0.2, -0.15) is 0 Å². The lowest BCUT2D eigenvalue weighted by Crippen LogP contribution is -2.22. The Hall–Kier alpha value is -3.98. The summed E-state index contributed by atoms with van der Waals surface area (Å²) in [6.45, 7) is 2.65. The summed E-state index contributed by atoms with van der Waals surface area (Å²) >= 11 is 4.04. The van der Waals surface area contributed by atoms with Gasteiger partial charge in [-0.05, 0) is 41.9 Å². The first-order valence-corrected chi connectivity index (χ1v) is 13.4. The number of methoxy groups -OCH3 is 2. The molecule has 3 rings (SSSR count). The van der Waals surface area contributed by atoms with Gasteiger partial charge in [0.15, 0.2) is 29.0 Å². The Labute approximate surface area is 244 Å². The van der Waals surface area contributed by atoms with Gasteiger partial charge >= 0.3 is 18.0 Å². The van der Waals surface area contributed by atoms with Crippen molar-refractivity contribution in [3.05, 3.63) is 62.2 Å². The molecule has 2 N–H and O–H groups in total. The Kier molecular flexibility index (Phi) is 10.8. The van der Waals surface area contributed by atoms with E-state index in [2.05, 4.69) is 26.6 Å². The molecule has 2 aromatic carbocycles. The second-order valence-electron chi connectivity index (χ2n) is 7.79. The largest absolute Gasteiger partial charge is 0.496 e. The normalized spacial score (nSPS) is 10.5. The number of hydrogen-bond donors (Lipinski definition) is 2. The zero-order chi connectivity index (χ0) is 30.3. The van der Waals surface area contributed by atoms with Gasteiger partial charge < -0.3 is 29.0 Å². The van der Waals surface area contributed by atoms with Crippen molar-refractivity contribution in [2.45, 2.75) is 20.5 Å². The Morgan fingerprint density at radius 1 is 0.854 bits per heavy atom. The van der Waals surface area contributed by atoms with Gasteiger partial charge in [0.2, 0.25) is 0 Å². The van der Waals surface area contributed by atoms with Crippen molar-refractivity contribution in [3.8, 4) is 17.2 Å². The third-order valence-electron chi connectivity index (χ3n) is 5.30. The van der Waals surface area contributed by atoms with E-state index in [0.717, 1.165) is 29.5 Å². The Balaban J connectivity index is 1.88. The van der Waals surface area contributed by atoms with Crippen molar-refractivity contribution < 1.29 is 51.2 Å². The molecule has 15 heteroatoms. The molecule has 41 heavy (non-hydrogen) atoms. The molecule has 2 amide bonds.